The molecule has 16 heavy (non-hydrogen) atoms. The molecule has 0 fully saturated rings. The lowest BCUT2D eigenvalue weighted by Gasteiger charge is -2.09. The first-order valence-electron chi connectivity index (χ1n) is 5.12. The minimum Gasteiger partial charge on any atom is -0.497 e. The topological polar surface area (TPSA) is 44.8 Å². The average molecular weight is 224 g/mol. The first-order chi connectivity index (χ1) is 7.72. The number of carbonyl (C=O) groups is 1. The Bertz CT molecular complexity index is 360. The van der Waals surface area contributed by atoms with Crippen LogP contribution in [-0.4, -0.2) is 26.8 Å². The van der Waals surface area contributed by atoms with Crippen LogP contribution in [0.5, 0.6) is 11.5 Å². The molecular formula is C12H16O4. The largest absolute Gasteiger partial charge is 0.497 e. The molecule has 0 bridgehead atoms. The molecule has 0 aliphatic rings. The minimum atomic E-state index is -0.374. The molecule has 0 radical (unpaired) electrons. The van der Waals surface area contributed by atoms with E-state index in [9.17, 15) is 4.79 Å². The van der Waals surface area contributed by atoms with Gasteiger partial charge in [0.2, 0.25) is 0 Å². The van der Waals surface area contributed by atoms with E-state index in [1.54, 1.807) is 25.3 Å². The highest BCUT2D eigenvalue weighted by Gasteiger charge is 2.14. The first-order valence-corrected chi connectivity index (χ1v) is 5.12. The second-order valence-corrected chi connectivity index (χ2v) is 3.20. The summed E-state index contributed by atoms with van der Waals surface area (Å²) in [6, 6.07) is 4.99. The first kappa shape index (κ1) is 12.4. The molecule has 4 nitrogen and oxygen atoms in total. The van der Waals surface area contributed by atoms with Crippen LogP contribution in [0.3, 0.4) is 0 Å². The number of hydrogen-bond acceptors (Lipinski definition) is 4. The van der Waals surface area contributed by atoms with Crippen LogP contribution in [-0.2, 0) is 4.74 Å². The smallest absolute Gasteiger partial charge is 0.341 e. The lowest BCUT2D eigenvalue weighted by Crippen LogP contribution is -2.07. The Morgan fingerprint density at radius 3 is 2.56 bits per heavy atom. The van der Waals surface area contributed by atoms with E-state index in [0.717, 1.165) is 6.42 Å². The average Bonchev–Trinajstić information content (AvgIpc) is 2.34. The van der Waals surface area contributed by atoms with Gasteiger partial charge in [0.1, 0.15) is 17.1 Å². The third kappa shape index (κ3) is 2.89. The van der Waals surface area contributed by atoms with Crippen LogP contribution in [0.1, 0.15) is 23.7 Å². The fourth-order valence-corrected chi connectivity index (χ4v) is 1.24. The van der Waals surface area contributed by atoms with Crippen molar-refractivity contribution in [3.8, 4) is 11.5 Å². The maximum Gasteiger partial charge on any atom is 0.341 e. The number of methoxy groups -OCH3 is 2. The Labute approximate surface area is 95.1 Å². The predicted molar refractivity (Wildman–Crippen MR) is 60.1 cm³/mol. The molecule has 0 unspecified atom stereocenters. The second-order valence-electron chi connectivity index (χ2n) is 3.20. The molecule has 1 aromatic rings. The lowest BCUT2D eigenvalue weighted by molar-refractivity contribution is 0.0501. The Balaban J connectivity index is 2.90. The molecule has 0 N–H and O–H groups in total. The molecule has 0 saturated carbocycles. The number of ether oxygens (including phenoxy) is 3. The second kappa shape index (κ2) is 6.00. The van der Waals surface area contributed by atoms with Gasteiger partial charge in [-0.25, -0.2) is 4.79 Å². The summed E-state index contributed by atoms with van der Waals surface area (Å²) in [5.41, 5.74) is 0.414. The Morgan fingerprint density at radius 1 is 1.25 bits per heavy atom. The normalized spacial score (nSPS) is 9.69. The predicted octanol–water partition coefficient (Wildman–Crippen LogP) is 2.27. The van der Waals surface area contributed by atoms with Gasteiger partial charge < -0.3 is 14.2 Å². The van der Waals surface area contributed by atoms with Gasteiger partial charge in [0.25, 0.3) is 0 Å². The van der Waals surface area contributed by atoms with Crippen LogP contribution >= 0.6 is 0 Å². The zero-order valence-corrected chi connectivity index (χ0v) is 9.78. The number of esters is 1. The van der Waals surface area contributed by atoms with E-state index in [1.807, 2.05) is 6.92 Å². The Hall–Kier alpha value is -1.71. The Morgan fingerprint density at radius 2 is 2.00 bits per heavy atom. The summed E-state index contributed by atoms with van der Waals surface area (Å²) in [4.78, 5) is 11.6. The molecule has 0 heterocycles. The molecular weight excluding hydrogens is 208 g/mol. The van der Waals surface area contributed by atoms with E-state index in [0.29, 0.717) is 23.7 Å². The monoisotopic (exact) mass is 224 g/mol. The third-order valence-corrected chi connectivity index (χ3v) is 2.07. The van der Waals surface area contributed by atoms with Crippen LogP contribution in [0.4, 0.5) is 0 Å². The third-order valence-electron chi connectivity index (χ3n) is 2.07. The van der Waals surface area contributed by atoms with E-state index in [2.05, 4.69) is 0 Å². The van der Waals surface area contributed by atoms with Crippen molar-refractivity contribution in [3.05, 3.63) is 23.8 Å². The van der Waals surface area contributed by atoms with Crippen molar-refractivity contribution in [1.82, 2.24) is 0 Å². The van der Waals surface area contributed by atoms with Crippen LogP contribution in [0.2, 0.25) is 0 Å². The summed E-state index contributed by atoms with van der Waals surface area (Å²) in [6.07, 6.45) is 0.796. The van der Waals surface area contributed by atoms with Crippen molar-refractivity contribution >= 4 is 5.97 Å². The molecule has 0 spiro atoms. The van der Waals surface area contributed by atoms with Crippen molar-refractivity contribution in [3.63, 3.8) is 0 Å². The number of carbonyl (C=O) groups excluding carboxylic acids is 1. The zero-order valence-electron chi connectivity index (χ0n) is 9.78. The molecule has 0 saturated heterocycles. The molecule has 0 amide bonds. The highest BCUT2D eigenvalue weighted by atomic mass is 16.5. The lowest BCUT2D eigenvalue weighted by atomic mass is 10.2. The fourth-order valence-electron chi connectivity index (χ4n) is 1.24. The van der Waals surface area contributed by atoms with Crippen LogP contribution in [0, 0.1) is 0 Å². The fraction of sp³-hybridized carbons (Fsp3) is 0.417. The van der Waals surface area contributed by atoms with Crippen molar-refractivity contribution in [2.45, 2.75) is 13.3 Å². The SMILES string of the molecule is CCCOC(=O)c1ccc(OC)cc1OC. The number of rotatable bonds is 5. The summed E-state index contributed by atoms with van der Waals surface area (Å²) < 4.78 is 15.2. The van der Waals surface area contributed by atoms with Crippen molar-refractivity contribution in [2.24, 2.45) is 0 Å². The van der Waals surface area contributed by atoms with Gasteiger partial charge >= 0.3 is 5.97 Å². The maximum atomic E-state index is 11.6. The van der Waals surface area contributed by atoms with Gasteiger partial charge in [0, 0.05) is 6.07 Å². The summed E-state index contributed by atoms with van der Waals surface area (Å²) >= 11 is 0. The summed E-state index contributed by atoms with van der Waals surface area (Å²) in [5, 5.41) is 0. The van der Waals surface area contributed by atoms with Gasteiger partial charge in [0.15, 0.2) is 0 Å². The highest BCUT2D eigenvalue weighted by molar-refractivity contribution is 5.92. The molecule has 0 aliphatic carbocycles. The molecule has 1 rings (SSSR count). The van der Waals surface area contributed by atoms with Gasteiger partial charge in [-0.2, -0.15) is 0 Å². The van der Waals surface area contributed by atoms with Gasteiger partial charge in [-0.05, 0) is 18.6 Å². The van der Waals surface area contributed by atoms with Crippen LogP contribution in [0.25, 0.3) is 0 Å². The quantitative estimate of drug-likeness (QED) is 0.720. The van der Waals surface area contributed by atoms with Crippen LogP contribution < -0.4 is 9.47 Å². The van der Waals surface area contributed by atoms with Crippen molar-refractivity contribution in [2.75, 3.05) is 20.8 Å². The van der Waals surface area contributed by atoms with Gasteiger partial charge in [-0.15, -0.1) is 0 Å². The van der Waals surface area contributed by atoms with Gasteiger partial charge in [0.05, 0.1) is 20.8 Å². The van der Waals surface area contributed by atoms with E-state index < -0.39 is 0 Å². The van der Waals surface area contributed by atoms with Crippen molar-refractivity contribution in [1.29, 1.82) is 0 Å². The minimum absolute atomic E-state index is 0.374. The zero-order chi connectivity index (χ0) is 12.0. The summed E-state index contributed by atoms with van der Waals surface area (Å²) in [6.45, 7) is 2.35. The van der Waals surface area contributed by atoms with Gasteiger partial charge in [-0.3, -0.25) is 0 Å². The van der Waals surface area contributed by atoms with E-state index >= 15 is 0 Å². The van der Waals surface area contributed by atoms with Gasteiger partial charge in [-0.1, -0.05) is 6.92 Å². The van der Waals surface area contributed by atoms with E-state index in [4.69, 9.17) is 14.2 Å². The van der Waals surface area contributed by atoms with Crippen LogP contribution in [0.15, 0.2) is 18.2 Å². The van der Waals surface area contributed by atoms with E-state index in [1.165, 1.54) is 7.11 Å². The summed E-state index contributed by atoms with van der Waals surface area (Å²) in [7, 11) is 3.06. The number of hydrogen-bond donors (Lipinski definition) is 0. The standard InChI is InChI=1S/C12H16O4/c1-4-7-16-12(13)10-6-5-9(14-2)8-11(10)15-3/h5-6,8H,4,7H2,1-3H3. The number of benzene rings is 1. The molecule has 0 aromatic heterocycles. The Kier molecular flexibility index (Phi) is 4.64. The highest BCUT2D eigenvalue weighted by Crippen LogP contribution is 2.25. The molecule has 0 atom stereocenters. The molecule has 4 heteroatoms. The maximum absolute atomic E-state index is 11.6. The molecule has 0 aliphatic heterocycles. The van der Waals surface area contributed by atoms with E-state index in [-0.39, 0.29) is 5.97 Å². The molecule has 88 valence electrons. The van der Waals surface area contributed by atoms with Crippen molar-refractivity contribution < 1.29 is 19.0 Å². The summed E-state index contributed by atoms with van der Waals surface area (Å²) in [5.74, 6) is 0.727. The molecule has 1 aromatic carbocycles.